The molecule has 0 aromatic rings. The SMILES string of the molecule is CCC1CNC(CC)(CC)CN1CC1CCCO1. The number of rotatable bonds is 5. The third-order valence-corrected chi connectivity index (χ3v) is 5.02. The van der Waals surface area contributed by atoms with E-state index in [0.29, 0.717) is 17.7 Å². The van der Waals surface area contributed by atoms with E-state index in [2.05, 4.69) is 31.0 Å². The highest BCUT2D eigenvalue weighted by atomic mass is 16.5. The minimum atomic E-state index is 0.338. The Bertz CT molecular complexity index is 247. The van der Waals surface area contributed by atoms with Crippen LogP contribution < -0.4 is 5.32 Å². The van der Waals surface area contributed by atoms with Crippen LogP contribution in [0.3, 0.4) is 0 Å². The van der Waals surface area contributed by atoms with Crippen molar-refractivity contribution in [3.8, 4) is 0 Å². The fraction of sp³-hybridized carbons (Fsp3) is 1.00. The number of hydrogen-bond acceptors (Lipinski definition) is 3. The summed E-state index contributed by atoms with van der Waals surface area (Å²) < 4.78 is 5.82. The molecule has 2 unspecified atom stereocenters. The molecular formula is C15H30N2O. The van der Waals surface area contributed by atoms with Crippen molar-refractivity contribution in [2.75, 3.05) is 26.2 Å². The van der Waals surface area contributed by atoms with E-state index in [1.807, 2.05) is 0 Å². The highest BCUT2D eigenvalue weighted by Gasteiger charge is 2.37. The number of nitrogens with one attached hydrogen (secondary N) is 1. The lowest BCUT2D eigenvalue weighted by atomic mass is 9.88. The van der Waals surface area contributed by atoms with Crippen LogP contribution in [0.1, 0.15) is 52.9 Å². The van der Waals surface area contributed by atoms with Gasteiger partial charge in [-0.3, -0.25) is 4.90 Å². The van der Waals surface area contributed by atoms with E-state index >= 15 is 0 Å². The van der Waals surface area contributed by atoms with Crippen molar-refractivity contribution in [3.05, 3.63) is 0 Å². The van der Waals surface area contributed by atoms with Gasteiger partial charge in [-0.2, -0.15) is 0 Å². The van der Waals surface area contributed by atoms with E-state index in [1.165, 1.54) is 38.6 Å². The van der Waals surface area contributed by atoms with Crippen LogP contribution in [0.5, 0.6) is 0 Å². The molecule has 3 nitrogen and oxygen atoms in total. The Morgan fingerprint density at radius 3 is 2.61 bits per heavy atom. The molecule has 0 aliphatic carbocycles. The summed E-state index contributed by atoms with van der Waals surface area (Å²) in [6, 6.07) is 0.695. The molecule has 0 amide bonds. The third kappa shape index (κ3) is 3.06. The molecular weight excluding hydrogens is 224 g/mol. The Morgan fingerprint density at radius 1 is 1.28 bits per heavy atom. The van der Waals surface area contributed by atoms with E-state index in [9.17, 15) is 0 Å². The zero-order valence-corrected chi connectivity index (χ0v) is 12.4. The van der Waals surface area contributed by atoms with E-state index < -0.39 is 0 Å². The fourth-order valence-corrected chi connectivity index (χ4v) is 3.43. The highest BCUT2D eigenvalue weighted by molar-refractivity contribution is 4.97. The molecule has 2 atom stereocenters. The van der Waals surface area contributed by atoms with Crippen LogP contribution >= 0.6 is 0 Å². The number of hydrogen-bond donors (Lipinski definition) is 1. The number of piperazine rings is 1. The van der Waals surface area contributed by atoms with Crippen molar-refractivity contribution in [2.45, 2.75) is 70.6 Å². The summed E-state index contributed by atoms with van der Waals surface area (Å²) >= 11 is 0. The van der Waals surface area contributed by atoms with Crippen LogP contribution in [0, 0.1) is 0 Å². The Labute approximate surface area is 112 Å². The van der Waals surface area contributed by atoms with Crippen molar-refractivity contribution in [3.63, 3.8) is 0 Å². The summed E-state index contributed by atoms with van der Waals surface area (Å²) in [6.07, 6.45) is 6.68. The molecule has 2 rings (SSSR count). The molecule has 18 heavy (non-hydrogen) atoms. The van der Waals surface area contributed by atoms with E-state index in [0.717, 1.165) is 19.7 Å². The predicted molar refractivity (Wildman–Crippen MR) is 75.9 cm³/mol. The van der Waals surface area contributed by atoms with Gasteiger partial charge in [0.05, 0.1) is 6.10 Å². The lowest BCUT2D eigenvalue weighted by Gasteiger charge is -2.48. The minimum Gasteiger partial charge on any atom is -0.377 e. The van der Waals surface area contributed by atoms with Crippen molar-refractivity contribution < 1.29 is 4.74 Å². The molecule has 2 saturated heterocycles. The van der Waals surface area contributed by atoms with Gasteiger partial charge in [-0.05, 0) is 32.1 Å². The summed E-state index contributed by atoms with van der Waals surface area (Å²) in [5.74, 6) is 0. The Morgan fingerprint density at radius 2 is 2.06 bits per heavy atom. The summed E-state index contributed by atoms with van der Waals surface area (Å²) in [6.45, 7) is 11.4. The largest absolute Gasteiger partial charge is 0.377 e. The minimum absolute atomic E-state index is 0.338. The first-order valence-electron chi connectivity index (χ1n) is 7.83. The topological polar surface area (TPSA) is 24.5 Å². The van der Waals surface area contributed by atoms with Crippen LogP contribution in [-0.4, -0.2) is 48.8 Å². The maximum absolute atomic E-state index is 5.82. The van der Waals surface area contributed by atoms with Crippen LogP contribution in [0.25, 0.3) is 0 Å². The predicted octanol–water partition coefficient (Wildman–Crippen LogP) is 2.41. The van der Waals surface area contributed by atoms with Gasteiger partial charge in [0, 0.05) is 37.8 Å². The third-order valence-electron chi connectivity index (χ3n) is 5.02. The quantitative estimate of drug-likeness (QED) is 0.815. The lowest BCUT2D eigenvalue weighted by Crippen LogP contribution is -2.64. The first kappa shape index (κ1) is 14.3. The molecule has 2 aliphatic heterocycles. The number of nitrogens with zero attached hydrogens (tertiary/aromatic N) is 1. The van der Waals surface area contributed by atoms with Gasteiger partial charge in [0.1, 0.15) is 0 Å². The Kier molecular flexibility index (Phi) is 5.05. The molecule has 0 spiro atoms. The molecule has 2 aliphatic rings. The number of ether oxygens (including phenoxy) is 1. The molecule has 0 bridgehead atoms. The summed E-state index contributed by atoms with van der Waals surface area (Å²) in [5, 5.41) is 3.81. The highest BCUT2D eigenvalue weighted by Crippen LogP contribution is 2.25. The summed E-state index contributed by atoms with van der Waals surface area (Å²) in [7, 11) is 0. The Hall–Kier alpha value is -0.120. The molecule has 0 radical (unpaired) electrons. The van der Waals surface area contributed by atoms with Gasteiger partial charge in [-0.15, -0.1) is 0 Å². The molecule has 106 valence electrons. The zero-order valence-electron chi connectivity index (χ0n) is 12.4. The van der Waals surface area contributed by atoms with Gasteiger partial charge in [0.2, 0.25) is 0 Å². The molecule has 2 heterocycles. The van der Waals surface area contributed by atoms with Crippen LogP contribution in [-0.2, 0) is 4.74 Å². The molecule has 2 fully saturated rings. The van der Waals surface area contributed by atoms with E-state index in [4.69, 9.17) is 4.74 Å². The van der Waals surface area contributed by atoms with Gasteiger partial charge >= 0.3 is 0 Å². The lowest BCUT2D eigenvalue weighted by molar-refractivity contribution is 0.0160. The van der Waals surface area contributed by atoms with E-state index in [-0.39, 0.29) is 0 Å². The van der Waals surface area contributed by atoms with Gasteiger partial charge in [0.25, 0.3) is 0 Å². The van der Waals surface area contributed by atoms with Crippen LogP contribution in [0.2, 0.25) is 0 Å². The van der Waals surface area contributed by atoms with Crippen LogP contribution in [0.4, 0.5) is 0 Å². The second kappa shape index (κ2) is 6.36. The molecule has 1 N–H and O–H groups in total. The van der Waals surface area contributed by atoms with Crippen molar-refractivity contribution in [1.82, 2.24) is 10.2 Å². The average Bonchev–Trinajstić information content (AvgIpc) is 2.91. The first-order chi connectivity index (χ1) is 8.73. The first-order valence-corrected chi connectivity index (χ1v) is 7.83. The average molecular weight is 254 g/mol. The second-order valence-corrected chi connectivity index (χ2v) is 5.99. The van der Waals surface area contributed by atoms with Gasteiger partial charge in [0.15, 0.2) is 0 Å². The normalized spacial score (nSPS) is 32.8. The standard InChI is InChI=1S/C15H30N2O/c1-4-13-10-16-15(5-2,6-3)12-17(13)11-14-8-7-9-18-14/h13-14,16H,4-12H2,1-3H3. The maximum atomic E-state index is 5.82. The Balaban J connectivity index is 1.97. The van der Waals surface area contributed by atoms with Gasteiger partial charge in [-0.1, -0.05) is 20.8 Å². The monoisotopic (exact) mass is 254 g/mol. The van der Waals surface area contributed by atoms with Crippen LogP contribution in [0.15, 0.2) is 0 Å². The van der Waals surface area contributed by atoms with E-state index in [1.54, 1.807) is 0 Å². The summed E-state index contributed by atoms with van der Waals surface area (Å²) in [4.78, 5) is 2.69. The molecule has 0 saturated carbocycles. The van der Waals surface area contributed by atoms with Crippen molar-refractivity contribution in [1.29, 1.82) is 0 Å². The molecule has 0 aromatic carbocycles. The van der Waals surface area contributed by atoms with Crippen molar-refractivity contribution >= 4 is 0 Å². The molecule has 3 heteroatoms. The summed E-state index contributed by atoms with van der Waals surface area (Å²) in [5.41, 5.74) is 0.338. The smallest absolute Gasteiger partial charge is 0.0702 e. The second-order valence-electron chi connectivity index (χ2n) is 5.99. The van der Waals surface area contributed by atoms with Gasteiger partial charge < -0.3 is 10.1 Å². The van der Waals surface area contributed by atoms with Crippen molar-refractivity contribution in [2.24, 2.45) is 0 Å². The molecule has 0 aromatic heterocycles. The maximum Gasteiger partial charge on any atom is 0.0702 e. The zero-order chi connectivity index (χ0) is 13.0. The fourth-order valence-electron chi connectivity index (χ4n) is 3.43. The van der Waals surface area contributed by atoms with Gasteiger partial charge in [-0.25, -0.2) is 0 Å².